The first-order chi connectivity index (χ1) is 7.93. The lowest BCUT2D eigenvalue weighted by atomic mass is 10.3. The van der Waals surface area contributed by atoms with Gasteiger partial charge in [-0.15, -0.1) is 11.6 Å². The van der Waals surface area contributed by atoms with Crippen molar-refractivity contribution in [1.82, 2.24) is 0 Å². The van der Waals surface area contributed by atoms with Gasteiger partial charge in [0.05, 0.1) is 11.4 Å². The maximum Gasteiger partial charge on any atom is 0.387 e. The van der Waals surface area contributed by atoms with Crippen LogP contribution in [-0.4, -0.2) is 26.7 Å². The third kappa shape index (κ3) is 5.18. The fraction of sp³-hybridized carbons (Fsp3) is 0.333. The smallest absolute Gasteiger partial charge is 0.387 e. The molecule has 0 heterocycles. The highest BCUT2D eigenvalue weighted by atomic mass is 35.5. The molecule has 1 aromatic carbocycles. The van der Waals surface area contributed by atoms with Crippen LogP contribution in [0.4, 0.5) is 14.5 Å². The van der Waals surface area contributed by atoms with Crippen LogP contribution in [0.15, 0.2) is 24.3 Å². The molecule has 0 saturated heterocycles. The predicted molar refractivity (Wildman–Crippen MR) is 61.2 cm³/mol. The zero-order valence-corrected chi connectivity index (χ0v) is 10.1. The van der Waals surface area contributed by atoms with Crippen LogP contribution in [0, 0.1) is 0 Å². The summed E-state index contributed by atoms with van der Waals surface area (Å²) in [6.07, 6.45) is 0. The van der Waals surface area contributed by atoms with Crippen LogP contribution in [0.1, 0.15) is 0 Å². The van der Waals surface area contributed by atoms with E-state index in [0.717, 1.165) is 6.07 Å². The van der Waals surface area contributed by atoms with Gasteiger partial charge < -0.3 is 4.74 Å². The zero-order valence-electron chi connectivity index (χ0n) is 8.57. The van der Waals surface area contributed by atoms with Crippen molar-refractivity contribution < 1.29 is 21.9 Å². The molecule has 1 N–H and O–H groups in total. The van der Waals surface area contributed by atoms with Crippen molar-refractivity contribution in [3.8, 4) is 5.75 Å². The molecule has 96 valence electrons. The van der Waals surface area contributed by atoms with Crippen molar-refractivity contribution in [2.75, 3.05) is 16.4 Å². The number of hydrogen-bond donors (Lipinski definition) is 1. The number of hydrogen-bond acceptors (Lipinski definition) is 3. The van der Waals surface area contributed by atoms with E-state index in [1.165, 1.54) is 18.2 Å². The topological polar surface area (TPSA) is 55.4 Å². The molecule has 0 atom stereocenters. The van der Waals surface area contributed by atoms with Crippen molar-refractivity contribution in [2.24, 2.45) is 0 Å². The van der Waals surface area contributed by atoms with Crippen LogP contribution in [-0.2, 0) is 10.0 Å². The van der Waals surface area contributed by atoms with E-state index in [9.17, 15) is 17.2 Å². The molecule has 1 aromatic rings. The quantitative estimate of drug-likeness (QED) is 0.816. The Kier molecular flexibility index (Phi) is 4.95. The summed E-state index contributed by atoms with van der Waals surface area (Å²) in [4.78, 5) is 0. The van der Waals surface area contributed by atoms with E-state index in [1.54, 1.807) is 0 Å². The van der Waals surface area contributed by atoms with E-state index in [0.29, 0.717) is 0 Å². The van der Waals surface area contributed by atoms with Crippen molar-refractivity contribution >= 4 is 27.3 Å². The summed E-state index contributed by atoms with van der Waals surface area (Å²) >= 11 is 5.31. The highest BCUT2D eigenvalue weighted by molar-refractivity contribution is 7.92. The minimum Gasteiger partial charge on any atom is -0.435 e. The average molecular weight is 286 g/mol. The van der Waals surface area contributed by atoms with Gasteiger partial charge in [-0.2, -0.15) is 8.78 Å². The van der Waals surface area contributed by atoms with Gasteiger partial charge in [-0.05, 0) is 12.1 Å². The molecule has 0 radical (unpaired) electrons. The molecule has 0 aliphatic rings. The molecule has 17 heavy (non-hydrogen) atoms. The van der Waals surface area contributed by atoms with Crippen LogP contribution >= 0.6 is 11.6 Å². The van der Waals surface area contributed by atoms with Crippen molar-refractivity contribution in [2.45, 2.75) is 6.61 Å². The van der Waals surface area contributed by atoms with E-state index >= 15 is 0 Å². The van der Waals surface area contributed by atoms with E-state index in [1.807, 2.05) is 0 Å². The second kappa shape index (κ2) is 6.02. The summed E-state index contributed by atoms with van der Waals surface area (Å²) in [5, 5.41) is 0. The van der Waals surface area contributed by atoms with Crippen LogP contribution < -0.4 is 9.46 Å². The maximum atomic E-state index is 11.9. The van der Waals surface area contributed by atoms with E-state index in [2.05, 4.69) is 9.46 Å². The summed E-state index contributed by atoms with van der Waals surface area (Å²) < 4.78 is 52.9. The molecule has 0 aliphatic heterocycles. The predicted octanol–water partition coefficient (Wildman–Crippen LogP) is 2.27. The minimum atomic E-state index is -3.55. The molecule has 8 heteroatoms. The summed E-state index contributed by atoms with van der Waals surface area (Å²) in [6.45, 7) is -2.95. The number of nitrogens with one attached hydrogen (secondary N) is 1. The van der Waals surface area contributed by atoms with Gasteiger partial charge in [-0.25, -0.2) is 8.42 Å². The molecule has 0 saturated carbocycles. The Labute approximate surface area is 103 Å². The molecular formula is C9H10ClF2NO3S. The van der Waals surface area contributed by atoms with Gasteiger partial charge in [0.1, 0.15) is 5.75 Å². The van der Waals surface area contributed by atoms with Gasteiger partial charge in [0.25, 0.3) is 0 Å². The average Bonchev–Trinajstić information content (AvgIpc) is 2.15. The Morgan fingerprint density at radius 1 is 1.41 bits per heavy atom. The number of halogens is 3. The fourth-order valence-corrected chi connectivity index (χ4v) is 2.47. The number of sulfonamides is 1. The summed E-state index contributed by atoms with van der Waals surface area (Å²) in [6, 6.07) is 5.28. The number of ether oxygens (including phenoxy) is 1. The van der Waals surface area contributed by atoms with Crippen LogP contribution in [0.3, 0.4) is 0 Å². The van der Waals surface area contributed by atoms with Crippen molar-refractivity contribution in [3.05, 3.63) is 24.3 Å². The standard InChI is InChI=1S/C9H10ClF2NO3S/c10-4-5-17(14,15)13-7-2-1-3-8(6-7)16-9(11)12/h1-3,6,9,13H,4-5H2. The monoisotopic (exact) mass is 285 g/mol. The molecule has 0 amide bonds. The zero-order chi connectivity index (χ0) is 12.9. The summed E-state index contributed by atoms with van der Waals surface area (Å²) in [5.41, 5.74) is 0.147. The third-order valence-corrected chi connectivity index (χ3v) is 3.38. The van der Waals surface area contributed by atoms with Crippen molar-refractivity contribution in [3.63, 3.8) is 0 Å². The van der Waals surface area contributed by atoms with E-state index < -0.39 is 16.6 Å². The fourth-order valence-electron chi connectivity index (χ4n) is 1.07. The third-order valence-electron chi connectivity index (χ3n) is 1.68. The first-order valence-corrected chi connectivity index (χ1v) is 6.73. The van der Waals surface area contributed by atoms with Gasteiger partial charge in [0, 0.05) is 11.9 Å². The highest BCUT2D eigenvalue weighted by Gasteiger charge is 2.10. The minimum absolute atomic E-state index is 0.0530. The SMILES string of the molecule is O=S(=O)(CCCl)Nc1cccc(OC(F)F)c1. The van der Waals surface area contributed by atoms with Crippen LogP contribution in [0.2, 0.25) is 0 Å². The summed E-state index contributed by atoms with van der Waals surface area (Å²) in [7, 11) is -3.55. The first-order valence-electron chi connectivity index (χ1n) is 4.54. The highest BCUT2D eigenvalue weighted by Crippen LogP contribution is 2.20. The second-order valence-corrected chi connectivity index (χ2v) is 5.24. The van der Waals surface area contributed by atoms with Gasteiger partial charge >= 0.3 is 6.61 Å². The number of anilines is 1. The Morgan fingerprint density at radius 2 is 2.12 bits per heavy atom. The van der Waals surface area contributed by atoms with Crippen LogP contribution in [0.5, 0.6) is 5.75 Å². The van der Waals surface area contributed by atoms with E-state index in [4.69, 9.17) is 11.6 Å². The molecule has 0 bridgehead atoms. The van der Waals surface area contributed by atoms with Gasteiger partial charge in [-0.1, -0.05) is 6.07 Å². The first kappa shape index (κ1) is 14.0. The lowest BCUT2D eigenvalue weighted by Crippen LogP contribution is -2.17. The number of rotatable bonds is 6. The molecule has 1 rings (SSSR count). The van der Waals surface area contributed by atoms with Gasteiger partial charge in [0.2, 0.25) is 10.0 Å². The van der Waals surface area contributed by atoms with Gasteiger partial charge in [0.15, 0.2) is 0 Å². The Bertz CT molecular complexity index is 467. The molecule has 0 aromatic heterocycles. The normalized spacial score (nSPS) is 11.5. The lowest BCUT2D eigenvalue weighted by Gasteiger charge is -2.09. The summed E-state index contributed by atoms with van der Waals surface area (Å²) in [5.74, 6) is -0.428. The molecule has 0 fully saturated rings. The molecular weight excluding hydrogens is 276 g/mol. The Hall–Kier alpha value is -1.08. The molecule has 0 spiro atoms. The van der Waals surface area contributed by atoms with Gasteiger partial charge in [-0.3, -0.25) is 4.72 Å². The molecule has 0 unspecified atom stereocenters. The maximum absolute atomic E-state index is 11.9. The number of alkyl halides is 3. The molecule has 4 nitrogen and oxygen atoms in total. The number of benzene rings is 1. The lowest BCUT2D eigenvalue weighted by molar-refractivity contribution is -0.0497. The van der Waals surface area contributed by atoms with E-state index in [-0.39, 0.29) is 23.1 Å². The largest absolute Gasteiger partial charge is 0.435 e. The second-order valence-electron chi connectivity index (χ2n) is 3.02. The van der Waals surface area contributed by atoms with Crippen molar-refractivity contribution in [1.29, 1.82) is 0 Å². The molecule has 0 aliphatic carbocycles. The van der Waals surface area contributed by atoms with Crippen LogP contribution in [0.25, 0.3) is 0 Å². The Balaban J connectivity index is 2.79. The Morgan fingerprint density at radius 3 is 2.71 bits per heavy atom.